The third-order valence-corrected chi connectivity index (χ3v) is 4.47. The lowest BCUT2D eigenvalue weighted by Crippen LogP contribution is -2.48. The Labute approximate surface area is 95.3 Å². The van der Waals surface area contributed by atoms with E-state index in [1.807, 2.05) is 0 Å². The Balaban J connectivity index is 2.62. The van der Waals surface area contributed by atoms with Crippen LogP contribution in [0.2, 0.25) is 0 Å². The van der Waals surface area contributed by atoms with Crippen molar-refractivity contribution in [1.29, 1.82) is 5.26 Å². The van der Waals surface area contributed by atoms with Crippen molar-refractivity contribution in [2.75, 3.05) is 13.2 Å². The van der Waals surface area contributed by atoms with E-state index in [1.54, 1.807) is 13.0 Å². The molecule has 1 aliphatic rings. The number of hydrogen-bond donors (Lipinski definition) is 2. The Morgan fingerprint density at radius 3 is 2.81 bits per heavy atom. The van der Waals surface area contributed by atoms with E-state index in [9.17, 15) is 13.5 Å². The number of rotatable bonds is 4. The van der Waals surface area contributed by atoms with Crippen molar-refractivity contribution in [1.82, 2.24) is 4.72 Å². The fourth-order valence-electron chi connectivity index (χ4n) is 1.42. The van der Waals surface area contributed by atoms with Gasteiger partial charge in [-0.1, -0.05) is 0 Å². The van der Waals surface area contributed by atoms with Crippen molar-refractivity contribution in [3.8, 4) is 6.07 Å². The second-order valence-electron chi connectivity index (χ2n) is 4.00. The van der Waals surface area contributed by atoms with E-state index < -0.39 is 27.0 Å². The first-order chi connectivity index (χ1) is 7.32. The minimum absolute atomic E-state index is 0.123. The highest BCUT2D eigenvalue weighted by Gasteiger charge is 2.40. The van der Waals surface area contributed by atoms with Gasteiger partial charge in [0.1, 0.15) is 5.60 Å². The van der Waals surface area contributed by atoms with Gasteiger partial charge in [-0.15, -0.1) is 0 Å². The molecule has 3 unspecified atom stereocenters. The number of nitriles is 1. The molecule has 7 heteroatoms. The predicted molar refractivity (Wildman–Crippen MR) is 57.0 cm³/mol. The molecule has 1 heterocycles. The van der Waals surface area contributed by atoms with E-state index >= 15 is 0 Å². The Morgan fingerprint density at radius 1 is 1.75 bits per heavy atom. The largest absolute Gasteiger partial charge is 0.386 e. The molecule has 92 valence electrons. The Kier molecular flexibility index (Phi) is 3.91. The molecule has 0 aromatic heterocycles. The zero-order chi connectivity index (χ0) is 12.4. The van der Waals surface area contributed by atoms with Crippen LogP contribution in [0.25, 0.3) is 0 Å². The number of aliphatic hydroxyl groups is 1. The van der Waals surface area contributed by atoms with Gasteiger partial charge in [-0.2, -0.15) is 5.26 Å². The molecule has 0 aromatic carbocycles. The van der Waals surface area contributed by atoms with Crippen molar-refractivity contribution in [3.05, 3.63) is 0 Å². The van der Waals surface area contributed by atoms with Crippen LogP contribution in [-0.4, -0.2) is 43.6 Å². The van der Waals surface area contributed by atoms with E-state index in [2.05, 4.69) is 4.72 Å². The summed E-state index contributed by atoms with van der Waals surface area (Å²) in [5, 5.41) is 17.4. The van der Waals surface area contributed by atoms with Crippen LogP contribution in [0.5, 0.6) is 0 Å². The third kappa shape index (κ3) is 2.71. The van der Waals surface area contributed by atoms with Crippen molar-refractivity contribution >= 4 is 10.0 Å². The normalized spacial score (nSPS) is 32.2. The van der Waals surface area contributed by atoms with E-state index in [1.165, 1.54) is 6.92 Å². The average Bonchev–Trinajstić information content (AvgIpc) is 2.56. The molecule has 0 aliphatic carbocycles. The van der Waals surface area contributed by atoms with Crippen LogP contribution < -0.4 is 4.72 Å². The maximum Gasteiger partial charge on any atom is 0.227 e. The second kappa shape index (κ2) is 4.67. The van der Waals surface area contributed by atoms with E-state index in [4.69, 9.17) is 10.00 Å². The molecular formula is C9H16N2O4S. The van der Waals surface area contributed by atoms with E-state index in [0.717, 1.165) is 0 Å². The number of sulfonamides is 1. The molecule has 0 bridgehead atoms. The van der Waals surface area contributed by atoms with E-state index in [0.29, 0.717) is 13.0 Å². The summed E-state index contributed by atoms with van der Waals surface area (Å²) in [6, 6.07) is 1.64. The molecule has 0 spiro atoms. The van der Waals surface area contributed by atoms with Gasteiger partial charge in [-0.05, 0) is 13.8 Å². The molecule has 0 aromatic rings. The first-order valence-corrected chi connectivity index (χ1v) is 6.58. The fraction of sp³-hybridized carbons (Fsp3) is 0.889. The number of hydrogen-bond acceptors (Lipinski definition) is 5. The molecule has 1 saturated heterocycles. The van der Waals surface area contributed by atoms with Gasteiger partial charge in [0.2, 0.25) is 10.0 Å². The van der Waals surface area contributed by atoms with E-state index in [-0.39, 0.29) is 6.54 Å². The highest BCUT2D eigenvalue weighted by atomic mass is 32.2. The lowest BCUT2D eigenvalue weighted by molar-refractivity contribution is -0.0228. The second-order valence-corrected chi connectivity index (χ2v) is 6.09. The van der Waals surface area contributed by atoms with Crippen LogP contribution in [0.1, 0.15) is 20.3 Å². The Hall–Kier alpha value is -0.680. The Bertz CT molecular complexity index is 389. The number of nitrogens with zero attached hydrogens (tertiary/aromatic N) is 1. The Morgan fingerprint density at radius 2 is 2.38 bits per heavy atom. The van der Waals surface area contributed by atoms with Gasteiger partial charge in [0.05, 0.1) is 12.2 Å². The highest BCUT2D eigenvalue weighted by Crippen LogP contribution is 2.25. The van der Waals surface area contributed by atoms with Crippen molar-refractivity contribution in [2.24, 2.45) is 0 Å². The molecule has 0 saturated carbocycles. The molecule has 1 fully saturated rings. The summed E-state index contributed by atoms with van der Waals surface area (Å²) < 4.78 is 30.4. The van der Waals surface area contributed by atoms with Gasteiger partial charge in [0.25, 0.3) is 0 Å². The molecule has 1 rings (SSSR count). The molecule has 1 aliphatic heterocycles. The summed E-state index contributed by atoms with van der Waals surface area (Å²) in [6.07, 6.45) is -0.0231. The molecule has 2 N–H and O–H groups in total. The summed E-state index contributed by atoms with van der Waals surface area (Å²) >= 11 is 0. The average molecular weight is 248 g/mol. The van der Waals surface area contributed by atoms with Crippen LogP contribution >= 0.6 is 0 Å². The lowest BCUT2D eigenvalue weighted by Gasteiger charge is -2.26. The van der Waals surface area contributed by atoms with Gasteiger partial charge in [-0.3, -0.25) is 0 Å². The van der Waals surface area contributed by atoms with Gasteiger partial charge >= 0.3 is 0 Å². The first-order valence-electron chi connectivity index (χ1n) is 5.04. The third-order valence-electron chi connectivity index (χ3n) is 2.89. The highest BCUT2D eigenvalue weighted by molar-refractivity contribution is 7.90. The van der Waals surface area contributed by atoms with Crippen LogP contribution in [0.4, 0.5) is 0 Å². The van der Waals surface area contributed by atoms with Gasteiger partial charge < -0.3 is 9.84 Å². The fourth-order valence-corrected chi connectivity index (χ4v) is 2.26. The number of nitrogens with one attached hydrogen (secondary N) is 1. The topological polar surface area (TPSA) is 99.4 Å². The summed E-state index contributed by atoms with van der Waals surface area (Å²) in [5.74, 6) is 0. The smallest absolute Gasteiger partial charge is 0.227 e. The summed E-state index contributed by atoms with van der Waals surface area (Å²) in [7, 11) is -3.69. The molecule has 3 atom stereocenters. The zero-order valence-electron chi connectivity index (χ0n) is 9.30. The van der Waals surface area contributed by atoms with Crippen molar-refractivity contribution in [3.63, 3.8) is 0 Å². The molecular weight excluding hydrogens is 232 g/mol. The summed E-state index contributed by atoms with van der Waals surface area (Å²) in [6.45, 7) is 3.27. The molecule has 16 heavy (non-hydrogen) atoms. The SMILES string of the molecule is CC1OCCC1(O)CNS(=O)(=O)C(C)C#N. The van der Waals surface area contributed by atoms with Crippen LogP contribution in [-0.2, 0) is 14.8 Å². The van der Waals surface area contributed by atoms with Crippen LogP contribution in [0, 0.1) is 11.3 Å². The van der Waals surface area contributed by atoms with Gasteiger partial charge in [-0.25, -0.2) is 13.1 Å². The minimum Gasteiger partial charge on any atom is -0.386 e. The lowest BCUT2D eigenvalue weighted by atomic mass is 9.97. The number of ether oxygens (including phenoxy) is 1. The van der Waals surface area contributed by atoms with Gasteiger partial charge in [0.15, 0.2) is 5.25 Å². The monoisotopic (exact) mass is 248 g/mol. The standard InChI is InChI=1S/C9H16N2O4S/c1-7(5-10)16(13,14)11-6-9(12)3-4-15-8(9)2/h7-8,11-12H,3-4,6H2,1-2H3. The summed E-state index contributed by atoms with van der Waals surface area (Å²) in [5.41, 5.74) is -1.18. The first kappa shape index (κ1) is 13.4. The van der Waals surface area contributed by atoms with Crippen molar-refractivity contribution < 1.29 is 18.3 Å². The maximum atomic E-state index is 11.5. The van der Waals surface area contributed by atoms with Crippen LogP contribution in [0.3, 0.4) is 0 Å². The van der Waals surface area contributed by atoms with Crippen LogP contribution in [0.15, 0.2) is 0 Å². The zero-order valence-corrected chi connectivity index (χ0v) is 10.1. The predicted octanol–water partition coefficient (Wildman–Crippen LogP) is -0.642. The molecule has 6 nitrogen and oxygen atoms in total. The van der Waals surface area contributed by atoms with Gasteiger partial charge in [0, 0.05) is 19.6 Å². The molecule has 0 radical (unpaired) electrons. The maximum absolute atomic E-state index is 11.5. The van der Waals surface area contributed by atoms with Crippen molar-refractivity contribution in [2.45, 2.75) is 37.2 Å². The summed E-state index contributed by atoms with van der Waals surface area (Å²) in [4.78, 5) is 0. The minimum atomic E-state index is -3.69. The molecule has 0 amide bonds. The quantitative estimate of drug-likeness (QED) is 0.689.